The molecule has 0 aliphatic rings. The molecule has 1 aromatic heterocycles. The lowest BCUT2D eigenvalue weighted by atomic mass is 10.0. The van der Waals surface area contributed by atoms with Gasteiger partial charge in [0.1, 0.15) is 0 Å². The largest absolute Gasteiger partial charge is 0.493 e. The van der Waals surface area contributed by atoms with Gasteiger partial charge in [0.2, 0.25) is 5.91 Å². The van der Waals surface area contributed by atoms with Crippen molar-refractivity contribution in [2.75, 3.05) is 25.3 Å². The third kappa shape index (κ3) is 4.36. The number of methoxy groups -OCH3 is 2. The minimum absolute atomic E-state index is 0.0797. The van der Waals surface area contributed by atoms with Gasteiger partial charge in [-0.2, -0.15) is 0 Å². The summed E-state index contributed by atoms with van der Waals surface area (Å²) in [6, 6.07) is 11.8. The van der Waals surface area contributed by atoms with Gasteiger partial charge in [-0.25, -0.2) is 4.98 Å². The summed E-state index contributed by atoms with van der Waals surface area (Å²) in [5.41, 5.74) is 1.75. The number of anilines is 1. The van der Waals surface area contributed by atoms with Crippen LogP contribution in [-0.2, 0) is 4.79 Å². The maximum atomic E-state index is 12.6. The van der Waals surface area contributed by atoms with Crippen LogP contribution < -0.4 is 14.8 Å². The first-order valence-electron chi connectivity index (χ1n) is 8.62. The maximum absolute atomic E-state index is 12.6. The second-order valence-corrected chi connectivity index (χ2v) is 8.27. The molecule has 7 heteroatoms. The van der Waals surface area contributed by atoms with Crippen LogP contribution >= 0.6 is 23.1 Å². The van der Waals surface area contributed by atoms with Gasteiger partial charge in [-0.15, -0.1) is 11.8 Å². The van der Waals surface area contributed by atoms with Crippen molar-refractivity contribution in [1.29, 1.82) is 0 Å². The van der Waals surface area contributed by atoms with Gasteiger partial charge in [0.15, 0.2) is 16.6 Å². The number of fused-ring (bicyclic) bond motifs is 1. The van der Waals surface area contributed by atoms with Gasteiger partial charge in [0.25, 0.3) is 0 Å². The number of carbonyl (C=O) groups excluding carboxylic acids is 1. The van der Waals surface area contributed by atoms with Crippen LogP contribution in [0, 0.1) is 0 Å². The van der Waals surface area contributed by atoms with E-state index in [-0.39, 0.29) is 11.8 Å². The van der Waals surface area contributed by atoms with Crippen molar-refractivity contribution >= 4 is 44.4 Å². The Bertz CT molecular complexity index is 897. The SMILES string of the molecule is CCSc1ccc(C(C)C(=O)Nc2nc3cc(OC)c(OC)cc3s2)cc1. The Labute approximate surface area is 167 Å². The molecular weight excluding hydrogens is 380 g/mol. The van der Waals surface area contributed by atoms with Crippen LogP contribution in [-0.4, -0.2) is 30.9 Å². The van der Waals surface area contributed by atoms with E-state index in [1.165, 1.54) is 16.2 Å². The van der Waals surface area contributed by atoms with Crippen molar-refractivity contribution in [3.05, 3.63) is 42.0 Å². The summed E-state index contributed by atoms with van der Waals surface area (Å²) in [7, 11) is 3.18. The van der Waals surface area contributed by atoms with Gasteiger partial charge in [-0.3, -0.25) is 4.79 Å². The highest BCUT2D eigenvalue weighted by atomic mass is 32.2. The smallest absolute Gasteiger partial charge is 0.233 e. The highest BCUT2D eigenvalue weighted by molar-refractivity contribution is 7.99. The van der Waals surface area contributed by atoms with Gasteiger partial charge >= 0.3 is 0 Å². The summed E-state index contributed by atoms with van der Waals surface area (Å²) < 4.78 is 11.6. The molecule has 1 atom stereocenters. The van der Waals surface area contributed by atoms with E-state index in [0.717, 1.165) is 21.5 Å². The number of aromatic nitrogens is 1. The maximum Gasteiger partial charge on any atom is 0.233 e. The Kier molecular flexibility index (Phi) is 6.23. The average molecular weight is 403 g/mol. The number of carbonyl (C=O) groups is 1. The number of hydrogen-bond donors (Lipinski definition) is 1. The van der Waals surface area contributed by atoms with Crippen molar-refractivity contribution in [2.24, 2.45) is 0 Å². The van der Waals surface area contributed by atoms with Crippen molar-refractivity contribution in [3.8, 4) is 11.5 Å². The molecule has 0 aliphatic carbocycles. The summed E-state index contributed by atoms with van der Waals surface area (Å²) in [5, 5.41) is 3.49. The Hall–Kier alpha value is -2.25. The molecule has 2 aromatic carbocycles. The van der Waals surface area contributed by atoms with E-state index >= 15 is 0 Å². The first-order chi connectivity index (χ1) is 13.0. The summed E-state index contributed by atoms with van der Waals surface area (Å²) in [5.74, 6) is 1.95. The molecule has 0 fully saturated rings. The molecule has 0 saturated carbocycles. The molecule has 27 heavy (non-hydrogen) atoms. The van der Waals surface area contributed by atoms with Crippen LogP contribution in [0.1, 0.15) is 25.3 Å². The number of hydrogen-bond acceptors (Lipinski definition) is 6. The second kappa shape index (κ2) is 8.63. The Morgan fingerprint density at radius 3 is 2.48 bits per heavy atom. The number of thioether (sulfide) groups is 1. The van der Waals surface area contributed by atoms with Crippen LogP contribution in [0.2, 0.25) is 0 Å². The molecule has 1 N–H and O–H groups in total. The molecule has 0 saturated heterocycles. The number of amides is 1. The molecule has 5 nitrogen and oxygen atoms in total. The number of rotatable bonds is 7. The van der Waals surface area contributed by atoms with Crippen molar-refractivity contribution in [2.45, 2.75) is 24.7 Å². The zero-order valence-electron chi connectivity index (χ0n) is 15.7. The predicted molar refractivity (Wildman–Crippen MR) is 113 cm³/mol. The van der Waals surface area contributed by atoms with Gasteiger partial charge in [-0.1, -0.05) is 30.4 Å². The zero-order chi connectivity index (χ0) is 19.4. The van der Waals surface area contributed by atoms with E-state index in [0.29, 0.717) is 16.6 Å². The number of nitrogens with zero attached hydrogens (tertiary/aromatic N) is 1. The second-order valence-electron chi connectivity index (χ2n) is 5.91. The minimum atomic E-state index is -0.262. The molecule has 1 heterocycles. The number of thiazole rings is 1. The summed E-state index contributed by atoms with van der Waals surface area (Å²) in [6.07, 6.45) is 0. The fourth-order valence-corrected chi connectivity index (χ4v) is 4.23. The Morgan fingerprint density at radius 2 is 1.85 bits per heavy atom. The number of benzene rings is 2. The molecule has 142 valence electrons. The lowest BCUT2D eigenvalue weighted by Gasteiger charge is -2.11. The number of nitrogens with one attached hydrogen (secondary N) is 1. The van der Waals surface area contributed by atoms with E-state index in [2.05, 4.69) is 29.4 Å². The third-order valence-electron chi connectivity index (χ3n) is 4.21. The summed E-state index contributed by atoms with van der Waals surface area (Å²) >= 11 is 3.20. The highest BCUT2D eigenvalue weighted by Gasteiger charge is 2.18. The van der Waals surface area contributed by atoms with E-state index < -0.39 is 0 Å². The van der Waals surface area contributed by atoms with E-state index in [1.807, 2.05) is 31.2 Å². The topological polar surface area (TPSA) is 60.5 Å². The lowest BCUT2D eigenvalue weighted by molar-refractivity contribution is -0.117. The van der Waals surface area contributed by atoms with E-state index in [9.17, 15) is 4.79 Å². The quantitative estimate of drug-likeness (QED) is 0.553. The fourth-order valence-electron chi connectivity index (χ4n) is 2.69. The van der Waals surface area contributed by atoms with E-state index in [1.54, 1.807) is 26.0 Å². The summed E-state index contributed by atoms with van der Waals surface area (Å²) in [6.45, 7) is 4.02. The molecule has 0 radical (unpaired) electrons. The normalized spacial score (nSPS) is 12.0. The molecule has 3 rings (SSSR count). The lowest BCUT2D eigenvalue weighted by Crippen LogP contribution is -2.18. The first kappa shape index (κ1) is 19.5. The minimum Gasteiger partial charge on any atom is -0.493 e. The van der Waals surface area contributed by atoms with Crippen LogP contribution in [0.3, 0.4) is 0 Å². The van der Waals surface area contributed by atoms with Crippen LogP contribution in [0.4, 0.5) is 5.13 Å². The highest BCUT2D eigenvalue weighted by Crippen LogP contribution is 2.36. The predicted octanol–water partition coefficient (Wildman–Crippen LogP) is 5.17. The average Bonchev–Trinajstić information content (AvgIpc) is 3.08. The monoisotopic (exact) mass is 402 g/mol. The van der Waals surface area contributed by atoms with Crippen molar-refractivity contribution in [3.63, 3.8) is 0 Å². The van der Waals surface area contributed by atoms with Gasteiger partial charge in [0, 0.05) is 17.0 Å². The molecule has 1 unspecified atom stereocenters. The van der Waals surface area contributed by atoms with E-state index in [4.69, 9.17) is 9.47 Å². The molecule has 3 aromatic rings. The van der Waals surface area contributed by atoms with Gasteiger partial charge in [0.05, 0.1) is 30.4 Å². The molecule has 0 aliphatic heterocycles. The molecule has 0 bridgehead atoms. The van der Waals surface area contributed by atoms with Crippen molar-refractivity contribution in [1.82, 2.24) is 4.98 Å². The van der Waals surface area contributed by atoms with Crippen molar-refractivity contribution < 1.29 is 14.3 Å². The Morgan fingerprint density at radius 1 is 1.19 bits per heavy atom. The molecule has 0 spiro atoms. The van der Waals surface area contributed by atoms with Gasteiger partial charge < -0.3 is 14.8 Å². The van der Waals surface area contributed by atoms with Gasteiger partial charge in [-0.05, 0) is 30.4 Å². The Balaban J connectivity index is 1.76. The first-order valence-corrected chi connectivity index (χ1v) is 10.4. The molecule has 1 amide bonds. The summed E-state index contributed by atoms with van der Waals surface area (Å²) in [4.78, 5) is 18.4. The standard InChI is InChI=1S/C20H22N2O3S2/c1-5-26-14-8-6-13(7-9-14)12(2)19(23)22-20-21-15-10-16(24-3)17(25-4)11-18(15)27-20/h6-12H,5H2,1-4H3,(H,21,22,23). The number of ether oxygens (including phenoxy) is 2. The fraction of sp³-hybridized carbons (Fsp3) is 0.300. The van der Waals surface area contributed by atoms with Crippen LogP contribution in [0.15, 0.2) is 41.3 Å². The molecular formula is C20H22N2O3S2. The van der Waals surface area contributed by atoms with Crippen LogP contribution in [0.25, 0.3) is 10.2 Å². The van der Waals surface area contributed by atoms with Crippen LogP contribution in [0.5, 0.6) is 11.5 Å². The third-order valence-corrected chi connectivity index (χ3v) is 6.04. The zero-order valence-corrected chi connectivity index (χ0v) is 17.4.